The van der Waals surface area contributed by atoms with E-state index in [0.29, 0.717) is 53.7 Å². The lowest BCUT2D eigenvalue weighted by Gasteiger charge is -2.35. The van der Waals surface area contributed by atoms with Crippen molar-refractivity contribution in [1.29, 1.82) is 0 Å². The molecule has 3 aromatic carbocycles. The van der Waals surface area contributed by atoms with E-state index >= 15 is 4.39 Å². The van der Waals surface area contributed by atoms with E-state index in [1.807, 2.05) is 0 Å². The lowest BCUT2D eigenvalue weighted by Crippen LogP contribution is -2.52. The molecule has 4 aliphatic rings. The third-order valence-corrected chi connectivity index (χ3v) is 10.3. The molecule has 0 spiro atoms. The van der Waals surface area contributed by atoms with E-state index in [-0.39, 0.29) is 57.5 Å². The van der Waals surface area contributed by atoms with E-state index in [0.717, 1.165) is 25.0 Å². The van der Waals surface area contributed by atoms with Crippen LogP contribution in [0.15, 0.2) is 54.0 Å². The number of aromatic nitrogens is 2. The van der Waals surface area contributed by atoms with Crippen LogP contribution in [0, 0.1) is 24.0 Å². The van der Waals surface area contributed by atoms with Crippen molar-refractivity contribution in [2.24, 2.45) is 0 Å². The quantitative estimate of drug-likeness (QED) is 0.104. The van der Waals surface area contributed by atoms with Gasteiger partial charge >= 0.3 is 13.1 Å². The van der Waals surface area contributed by atoms with Gasteiger partial charge in [0, 0.05) is 53.7 Å². The summed E-state index contributed by atoms with van der Waals surface area (Å²) in [5.41, 5.74) is 7.38. The fourth-order valence-electron chi connectivity index (χ4n) is 8.02. The number of anilines is 2. The van der Waals surface area contributed by atoms with E-state index < -0.39 is 18.8 Å². The Morgan fingerprint density at radius 2 is 1.98 bits per heavy atom. The van der Waals surface area contributed by atoms with Gasteiger partial charge in [0.1, 0.15) is 23.8 Å². The van der Waals surface area contributed by atoms with Gasteiger partial charge in [-0.15, -0.1) is 6.42 Å². The van der Waals surface area contributed by atoms with Crippen molar-refractivity contribution in [3.63, 3.8) is 0 Å². The largest absolute Gasteiger partial charge is 0.480 e. The van der Waals surface area contributed by atoms with Crippen LogP contribution in [0.25, 0.3) is 32.8 Å². The number of nitrogen functional groups attached to an aromatic ring is 1. The second kappa shape index (κ2) is 11.7. The van der Waals surface area contributed by atoms with Gasteiger partial charge in [-0.25, -0.2) is 8.78 Å². The Kier molecular flexibility index (Phi) is 7.58. The predicted molar refractivity (Wildman–Crippen MR) is 184 cm³/mol. The number of hydrogen-bond acceptors (Lipinski definition) is 9. The zero-order valence-corrected chi connectivity index (χ0v) is 26.6. The highest BCUT2D eigenvalue weighted by molar-refractivity contribution is 6.47. The minimum Gasteiger partial charge on any atom is -0.461 e. The van der Waals surface area contributed by atoms with Gasteiger partial charge in [0.2, 0.25) is 0 Å². The molecule has 3 saturated heterocycles. The van der Waals surface area contributed by atoms with Crippen LogP contribution in [-0.2, 0) is 0 Å². The van der Waals surface area contributed by atoms with Gasteiger partial charge < -0.3 is 30.7 Å². The van der Waals surface area contributed by atoms with Gasteiger partial charge in [-0.1, -0.05) is 47.3 Å². The van der Waals surface area contributed by atoms with Crippen LogP contribution < -0.4 is 20.7 Å². The van der Waals surface area contributed by atoms with Gasteiger partial charge in [0.25, 0.3) is 0 Å². The first kappa shape index (κ1) is 31.0. The van der Waals surface area contributed by atoms with E-state index in [1.165, 1.54) is 12.0 Å². The number of nitrogens with one attached hydrogen (secondary N) is 1. The van der Waals surface area contributed by atoms with E-state index in [4.69, 9.17) is 33.5 Å². The molecule has 0 saturated carbocycles. The Balaban J connectivity index is 1.27. The van der Waals surface area contributed by atoms with Gasteiger partial charge in [-0.3, -0.25) is 4.90 Å². The second-order valence-electron chi connectivity index (χ2n) is 13.1. The molecule has 13 heteroatoms. The summed E-state index contributed by atoms with van der Waals surface area (Å²) < 4.78 is 38.4. The van der Waals surface area contributed by atoms with Crippen molar-refractivity contribution >= 4 is 51.9 Å². The van der Waals surface area contributed by atoms with Crippen LogP contribution in [-0.4, -0.2) is 82.4 Å². The van der Waals surface area contributed by atoms with E-state index in [2.05, 4.69) is 38.2 Å². The molecule has 2 bridgehead atoms. The maximum atomic E-state index is 17.1. The zero-order valence-electron chi connectivity index (χ0n) is 25.9. The number of terminal acetylenes is 1. The van der Waals surface area contributed by atoms with Gasteiger partial charge in [0.05, 0.1) is 16.1 Å². The number of hydrogen-bond donors (Lipinski definition) is 4. The Bertz CT molecular complexity index is 2090. The number of nitrogens with two attached hydrogens (primary N) is 1. The SMILES string of the molecule is C#Cc1c(F)ccc2cc(N)cc(-c3c(Cl)cc4c(N5CC6C=CC(C5)N6)nc(OCC56CCCN5C/C(=C\B(O)O)C6)nc4c3F)c12. The molecule has 1 aromatic heterocycles. The van der Waals surface area contributed by atoms with Crippen molar-refractivity contribution in [3.05, 3.63) is 76.3 Å². The molecule has 5 heterocycles. The normalized spacial score (nSPS) is 24.2. The lowest BCUT2D eigenvalue weighted by molar-refractivity contribution is 0.108. The number of piperazine rings is 1. The Hall–Kier alpha value is -4.25. The zero-order chi connectivity index (χ0) is 33.3. The summed E-state index contributed by atoms with van der Waals surface area (Å²) in [7, 11) is -1.53. The van der Waals surface area contributed by atoms with Crippen LogP contribution in [0.3, 0.4) is 0 Å². The molecular formula is C35H32BClF2N6O3. The Morgan fingerprint density at radius 1 is 1.19 bits per heavy atom. The first-order chi connectivity index (χ1) is 23.1. The second-order valence-corrected chi connectivity index (χ2v) is 13.5. The topological polar surface area (TPSA) is 120 Å². The summed E-state index contributed by atoms with van der Waals surface area (Å²) in [6, 6.07) is 7.86. The summed E-state index contributed by atoms with van der Waals surface area (Å²) in [6.07, 6.45) is 12.4. The lowest BCUT2D eigenvalue weighted by atomic mass is 9.85. The van der Waals surface area contributed by atoms with Crippen LogP contribution >= 0.6 is 11.6 Å². The molecule has 3 unspecified atom stereocenters. The Labute approximate surface area is 281 Å². The fraction of sp³-hybridized carbons (Fsp3) is 0.314. The molecule has 8 rings (SSSR count). The molecule has 0 aliphatic carbocycles. The highest BCUT2D eigenvalue weighted by Crippen LogP contribution is 2.45. The molecule has 4 aliphatic heterocycles. The van der Waals surface area contributed by atoms with Crippen molar-refractivity contribution in [2.75, 3.05) is 43.4 Å². The molecule has 0 amide bonds. The van der Waals surface area contributed by atoms with E-state index in [1.54, 1.807) is 24.3 Å². The number of rotatable bonds is 6. The molecule has 4 aromatic rings. The van der Waals surface area contributed by atoms with Crippen molar-refractivity contribution < 1.29 is 23.6 Å². The summed E-state index contributed by atoms with van der Waals surface area (Å²) in [5, 5.41) is 24.0. The van der Waals surface area contributed by atoms with Crippen LogP contribution in [0.5, 0.6) is 6.01 Å². The summed E-state index contributed by atoms with van der Waals surface area (Å²) in [5.74, 6) is 3.02. The number of nitrogens with zero attached hydrogens (tertiary/aromatic N) is 4. The average Bonchev–Trinajstić information content (AvgIpc) is 3.70. The highest BCUT2D eigenvalue weighted by atomic mass is 35.5. The van der Waals surface area contributed by atoms with Crippen LogP contribution in [0.1, 0.15) is 24.8 Å². The molecule has 244 valence electrons. The molecule has 48 heavy (non-hydrogen) atoms. The molecule has 5 N–H and O–H groups in total. The van der Waals surface area contributed by atoms with Crippen LogP contribution in [0.2, 0.25) is 5.02 Å². The smallest absolute Gasteiger partial charge is 0.461 e. The van der Waals surface area contributed by atoms with Crippen molar-refractivity contribution in [3.8, 4) is 29.5 Å². The average molecular weight is 669 g/mol. The first-order valence-corrected chi connectivity index (χ1v) is 16.3. The van der Waals surface area contributed by atoms with Crippen molar-refractivity contribution in [1.82, 2.24) is 20.2 Å². The highest BCUT2D eigenvalue weighted by Gasteiger charge is 2.47. The summed E-state index contributed by atoms with van der Waals surface area (Å²) in [4.78, 5) is 13.8. The maximum Gasteiger partial charge on any atom is 0.480 e. The maximum absolute atomic E-state index is 17.1. The van der Waals surface area contributed by atoms with Gasteiger partial charge in [-0.05, 0) is 61.0 Å². The predicted octanol–water partition coefficient (Wildman–Crippen LogP) is 4.22. The van der Waals surface area contributed by atoms with Gasteiger partial charge in [-0.2, -0.15) is 9.97 Å². The minimum atomic E-state index is -1.53. The minimum absolute atomic E-state index is 0.00124. The van der Waals surface area contributed by atoms with E-state index in [9.17, 15) is 14.4 Å². The van der Waals surface area contributed by atoms with Gasteiger partial charge in [0.15, 0.2) is 5.82 Å². The summed E-state index contributed by atoms with van der Waals surface area (Å²) in [6.45, 7) is 2.90. The number of halogens is 3. The standard InChI is InChI=1S/C35H32BClF2N6O3/c1-2-24-28(38)7-4-20-10-21(40)11-25(29(20)24)30-27(37)12-26-32(31(30)39)42-34(43-33(26)44-16-22-5-6-23(17-44)41-22)48-18-35-8-3-9-45(35)15-19(13-35)14-36(46)47/h1,4-7,10-12,14,22-23,41,46-47H,3,8-9,13,15-18,40H2/b19-14-. The third-order valence-electron chi connectivity index (χ3n) is 10.0. The van der Waals surface area contributed by atoms with Crippen molar-refractivity contribution in [2.45, 2.75) is 36.9 Å². The number of benzene rings is 3. The fourth-order valence-corrected chi connectivity index (χ4v) is 8.31. The molecular weight excluding hydrogens is 637 g/mol. The summed E-state index contributed by atoms with van der Waals surface area (Å²) >= 11 is 6.91. The first-order valence-electron chi connectivity index (χ1n) is 15.9. The molecule has 9 nitrogen and oxygen atoms in total. The molecule has 3 fully saturated rings. The third kappa shape index (κ3) is 5.18. The number of fused-ring (bicyclic) bond motifs is 5. The monoisotopic (exact) mass is 668 g/mol. The molecule has 0 radical (unpaired) electrons. The molecule has 3 atom stereocenters. The van der Waals surface area contributed by atoms with Crippen LogP contribution in [0.4, 0.5) is 20.3 Å². The Morgan fingerprint density at radius 3 is 2.73 bits per heavy atom. The number of ether oxygens (including phenoxy) is 1.